The number of carboxylic acids is 1. The molecule has 5 amide bonds. The molecule has 10 rings (SSSR count). The molecule has 482 valence electrons. The number of fused-ring (bicyclic) bond motifs is 15. The summed E-state index contributed by atoms with van der Waals surface area (Å²) in [5, 5.41) is 24.9. The van der Waals surface area contributed by atoms with Gasteiger partial charge in [-0.05, 0) is 132 Å². The number of halogens is 2. The number of hydrogen-bond donors (Lipinski definition) is 7. The van der Waals surface area contributed by atoms with Crippen LogP contribution in [0.25, 0.3) is 11.1 Å². The second-order valence-corrected chi connectivity index (χ2v) is 30.6. The van der Waals surface area contributed by atoms with E-state index in [9.17, 15) is 19.5 Å². The lowest BCUT2D eigenvalue weighted by atomic mass is 9.84. The highest BCUT2D eigenvalue weighted by Crippen LogP contribution is 2.50. The molecule has 5 aromatic carbocycles. The molecule has 0 spiro atoms. The molecule has 0 unspecified atom stereocenters. The molecule has 0 fully saturated rings. The second-order valence-electron chi connectivity index (χ2n) is 25.0. The van der Waals surface area contributed by atoms with Crippen LogP contribution in [0.1, 0.15) is 132 Å². The van der Waals surface area contributed by atoms with E-state index in [0.29, 0.717) is 23.1 Å². The Labute approximate surface area is 535 Å². The zero-order valence-electron chi connectivity index (χ0n) is 52.6. The number of nitrogens with one attached hydrogen (secondary N) is 5. The van der Waals surface area contributed by atoms with Crippen LogP contribution in [0.5, 0.6) is 40.2 Å². The molecule has 24 heteroatoms. The number of benzene rings is 5. The van der Waals surface area contributed by atoms with Crippen molar-refractivity contribution in [3.05, 3.63) is 122 Å². The van der Waals surface area contributed by atoms with Crippen molar-refractivity contribution in [1.82, 2.24) is 26.6 Å². The lowest BCUT2D eigenvalue weighted by Gasteiger charge is -2.42. The van der Waals surface area contributed by atoms with Crippen molar-refractivity contribution in [3.8, 4) is 51.4 Å². The van der Waals surface area contributed by atoms with Gasteiger partial charge in [0.2, 0.25) is 35.3 Å². The number of carbonyl (C=O) groups is 8. The number of primary amides is 1. The molecule has 11 bridgehead atoms. The highest BCUT2D eigenvalue weighted by Gasteiger charge is 2.46. The van der Waals surface area contributed by atoms with Gasteiger partial charge in [-0.3, -0.25) is 33.6 Å². The lowest BCUT2D eigenvalue weighted by molar-refractivity contribution is -0.142. The number of hydrogen-bond acceptors (Lipinski definition) is 15. The van der Waals surface area contributed by atoms with E-state index in [1.54, 1.807) is 75.5 Å². The lowest BCUT2D eigenvalue weighted by Crippen LogP contribution is -2.55. The molecule has 5 aliphatic heterocycles. The maximum atomic E-state index is 16.1. The maximum absolute atomic E-state index is 16.1. The number of amides is 5. The first-order valence-electron chi connectivity index (χ1n) is 29.5. The van der Waals surface area contributed by atoms with Gasteiger partial charge in [0, 0.05) is 37.7 Å². The monoisotopic (exact) mass is 1290 g/mol. The van der Waals surface area contributed by atoms with Crippen molar-refractivity contribution >= 4 is 78.6 Å². The summed E-state index contributed by atoms with van der Waals surface area (Å²) in [4.78, 5) is 119. The van der Waals surface area contributed by atoms with Gasteiger partial charge in [0.15, 0.2) is 37.4 Å². The maximum Gasteiger partial charge on any atom is 0.330 e. The third kappa shape index (κ3) is 14.6. The highest BCUT2D eigenvalue weighted by atomic mass is 35.5. The first-order valence-corrected chi connectivity index (χ1v) is 33.2. The number of aryl methyl sites for hydroxylation is 1. The van der Waals surface area contributed by atoms with Crippen molar-refractivity contribution in [2.45, 2.75) is 140 Å². The van der Waals surface area contributed by atoms with Crippen LogP contribution < -0.4 is 56.0 Å². The van der Waals surface area contributed by atoms with Gasteiger partial charge in [-0.1, -0.05) is 89.0 Å². The van der Waals surface area contributed by atoms with Gasteiger partial charge in [-0.15, -0.1) is 0 Å². The average Bonchev–Trinajstić information content (AvgIpc) is 0.807. The number of ketones is 2. The Morgan fingerprint density at radius 3 is 1.92 bits per heavy atom. The molecule has 5 aromatic rings. The van der Waals surface area contributed by atoms with Crippen LogP contribution in [0.3, 0.4) is 0 Å². The fraction of sp³-hybridized carbons (Fsp3) is 0.424. The predicted molar refractivity (Wildman–Crippen MR) is 342 cm³/mol. The molecule has 5 aliphatic rings. The Morgan fingerprint density at radius 1 is 0.756 bits per heavy atom. The fourth-order valence-electron chi connectivity index (χ4n) is 11.4. The molecule has 90 heavy (non-hydrogen) atoms. The number of nitrogens with two attached hydrogens (primary N) is 1. The van der Waals surface area contributed by atoms with E-state index in [1.165, 1.54) is 45.6 Å². The van der Waals surface area contributed by atoms with Crippen LogP contribution >= 0.6 is 23.2 Å². The molecule has 0 radical (unpaired) electrons. The number of likely N-dealkylation sites (N-methyl/N-ethyl adjacent to an activating group) is 1. The quantitative estimate of drug-likeness (QED) is 0.0539. The van der Waals surface area contributed by atoms with Gasteiger partial charge in [0.1, 0.15) is 41.1 Å². The normalized spacial score (nSPS) is 21.8. The number of methoxy groups -OCH3 is 3. The van der Waals surface area contributed by atoms with Gasteiger partial charge in [0.25, 0.3) is 0 Å². The predicted octanol–water partition coefficient (Wildman–Crippen LogP) is 10.2. The number of carboxylic acid groups (broad SMARTS) is 1. The molecule has 21 nitrogen and oxygen atoms in total. The molecular weight excluding hydrogens is 1220 g/mol. The second kappa shape index (κ2) is 27.6. The van der Waals surface area contributed by atoms with Crippen LogP contribution in [-0.2, 0) is 42.8 Å². The Morgan fingerprint density at radius 2 is 1.37 bits per heavy atom. The summed E-state index contributed by atoms with van der Waals surface area (Å²) in [6.07, 6.45) is -3.08. The average molecular weight is 1300 g/mol. The summed E-state index contributed by atoms with van der Waals surface area (Å²) < 4.78 is 38.2. The van der Waals surface area contributed by atoms with E-state index in [-0.39, 0.29) is 85.5 Å². The number of ether oxygens (including phenoxy) is 5. The van der Waals surface area contributed by atoms with Crippen LogP contribution in [0.4, 0.5) is 0 Å². The molecule has 9 atom stereocenters. The summed E-state index contributed by atoms with van der Waals surface area (Å²) in [6, 6.07) is 12.6. The first-order chi connectivity index (χ1) is 42.4. The molecule has 0 saturated carbocycles. The van der Waals surface area contributed by atoms with Gasteiger partial charge < -0.3 is 65.5 Å². The third-order valence-corrected chi connectivity index (χ3v) is 22.3. The number of rotatable bonds is 13. The molecule has 8 N–H and O–H groups in total. The minimum absolute atomic E-state index is 0. The van der Waals surface area contributed by atoms with Crippen molar-refractivity contribution in [2.24, 2.45) is 17.6 Å². The summed E-state index contributed by atoms with van der Waals surface area (Å²) in [6.45, 7) is 17.2. The SMILES string of the molecule is CN[C@@H](CC(C)C)C(=O)N[C@H]1C(=O)C[C@@H](CC(N)=O)C(=O)N[C@H]2C(=O)C[C@H]3C(=O)N[C@H](C(=O)N[C@@H](C(=O)O)c4cc(C)cc(OC)c4-c4cc3ccc4OC)[C@H](C)c3ccc(c(Cl)c3)Oc3cc2cc(c3OC)Oc2ccc(cc2Cl)[C@H]1O[Si](C)(C)C(C)(C)C.[HH]. The van der Waals surface area contributed by atoms with Gasteiger partial charge in [0.05, 0.1) is 55.4 Å². The Kier molecular flexibility index (Phi) is 20.8. The molecule has 0 aromatic heterocycles. The zero-order valence-corrected chi connectivity index (χ0v) is 55.1. The number of carbonyl (C=O) groups excluding carboxylic acids is 7. The van der Waals surface area contributed by atoms with Crippen LogP contribution in [-0.4, -0.2) is 107 Å². The van der Waals surface area contributed by atoms with E-state index in [2.05, 4.69) is 26.6 Å². The van der Waals surface area contributed by atoms with Gasteiger partial charge in [-0.25, -0.2) is 4.79 Å². The highest BCUT2D eigenvalue weighted by molar-refractivity contribution is 6.74. The fourth-order valence-corrected chi connectivity index (χ4v) is 13.1. The Bertz CT molecular complexity index is 3670. The minimum Gasteiger partial charge on any atom is -0.496 e. The van der Waals surface area contributed by atoms with E-state index in [0.717, 1.165) is 0 Å². The van der Waals surface area contributed by atoms with Crippen LogP contribution in [0.15, 0.2) is 78.9 Å². The molecular formula is C66H80Cl2N6O15Si. The smallest absolute Gasteiger partial charge is 0.330 e. The summed E-state index contributed by atoms with van der Waals surface area (Å²) in [5.41, 5.74) is 7.91. The van der Waals surface area contributed by atoms with Gasteiger partial charge >= 0.3 is 5.97 Å². The Balaban J connectivity index is 0.0000118. The van der Waals surface area contributed by atoms with Crippen molar-refractivity contribution < 1.29 is 73.0 Å². The van der Waals surface area contributed by atoms with E-state index in [1.807, 2.05) is 47.7 Å². The summed E-state index contributed by atoms with van der Waals surface area (Å²) in [7, 11) is 2.81. The van der Waals surface area contributed by atoms with E-state index >= 15 is 24.0 Å². The number of Topliss-reactive ketones (excluding diaryl/α,β-unsaturated/α-hetero) is 2. The largest absolute Gasteiger partial charge is 0.496 e. The third-order valence-electron chi connectivity index (χ3n) is 17.2. The van der Waals surface area contributed by atoms with E-state index < -0.39 is 134 Å². The van der Waals surface area contributed by atoms with Crippen molar-refractivity contribution in [2.75, 3.05) is 28.4 Å². The van der Waals surface area contributed by atoms with Crippen molar-refractivity contribution in [1.29, 1.82) is 0 Å². The summed E-state index contributed by atoms with van der Waals surface area (Å²) >= 11 is 14.4. The molecule has 0 saturated heterocycles. The van der Waals surface area contributed by atoms with Crippen LogP contribution in [0.2, 0.25) is 28.2 Å². The minimum atomic E-state index is -2.93. The topological polar surface area (TPSA) is 298 Å². The zero-order chi connectivity index (χ0) is 66.0. The van der Waals surface area contributed by atoms with Crippen LogP contribution in [0, 0.1) is 18.8 Å². The van der Waals surface area contributed by atoms with E-state index in [4.69, 9.17) is 57.0 Å². The number of aliphatic carboxylic acids is 1. The Hall–Kier alpha value is -8.02. The standard InChI is InChI=1S/C66H78Cl2N6O15Si.H2/c1-31(2)20-44(70-8)63(80)74-58-45(75)26-38(29-53(69)77)61(78)72-56-37-27-51(60(86-11)52(28-37)88-49-19-16-36(25-43(49)68)59(58)89-90(12,13)66(5,6)7)87-48-18-14-34(24-42(48)67)33(4)55-64(81)73-57(65(82)83)41-21-32(3)22-50(85-10)54(41)40-23-35(15-17-47(40)84-9)39(30-46(56)76)62(79)71-55;/h14-19,21-25,27-28,31,33,38-39,44,55-59,70H,20,26,29-30H2,1-13H3,(H2,69,77)(H,71,79)(H,72,78)(H,73,81)(H,74,80)(H,82,83);1H/t33-,38+,39-,44+,55+,56-,57-,58+,59-;/m1./s1. The molecule has 0 aliphatic carbocycles. The van der Waals surface area contributed by atoms with Gasteiger partial charge in [-0.2, -0.15) is 0 Å². The summed E-state index contributed by atoms with van der Waals surface area (Å²) in [5.74, 6) is -11.3. The molecule has 5 heterocycles. The first kappa shape index (κ1) is 67.9. The van der Waals surface area contributed by atoms with Crippen molar-refractivity contribution in [3.63, 3.8) is 0 Å².